The number of benzene rings is 7. The Kier molecular flexibility index (Phi) is 6.12. The maximum atomic E-state index is 6.53. The molecule has 0 saturated carbocycles. The lowest BCUT2D eigenvalue weighted by atomic mass is 9.98. The largest absolute Gasteiger partial charge is 0.455 e. The molecule has 7 aromatic carbocycles. The molecule has 0 radical (unpaired) electrons. The van der Waals surface area contributed by atoms with Crippen LogP contribution in [0.3, 0.4) is 0 Å². The molecule has 0 fully saturated rings. The fourth-order valence-electron chi connectivity index (χ4n) is 7.71. The summed E-state index contributed by atoms with van der Waals surface area (Å²) < 4.78 is 11.2. The van der Waals surface area contributed by atoms with Crippen LogP contribution in [0.2, 0.25) is 0 Å². The van der Waals surface area contributed by atoms with Gasteiger partial charge >= 0.3 is 0 Å². The van der Waals surface area contributed by atoms with Crippen LogP contribution in [0.5, 0.6) is 0 Å². The van der Waals surface area contributed by atoms with Crippen molar-refractivity contribution in [1.82, 2.24) is 9.88 Å². The first kappa shape index (κ1) is 28.3. The number of aromatic nitrogens is 1. The minimum absolute atomic E-state index is 0.303. The number of hydrogen-bond donors (Lipinski definition) is 1. The average Bonchev–Trinajstić information content (AvgIpc) is 3.88. The number of para-hydroxylation sites is 3. The van der Waals surface area contributed by atoms with Crippen LogP contribution < -0.4 is 5.32 Å². The maximum absolute atomic E-state index is 6.53. The van der Waals surface area contributed by atoms with Crippen molar-refractivity contribution in [3.05, 3.63) is 169 Å². The standard InChI is InChI=1S/C45H28N4OS/c1-2-12-28(13-3-1)43-46-44(48-45(47-43)49-36-18-8-4-14-30(36)31-15-5-9-19-37(31)49)29-24-22-27(23-25-29)34-26-35-32-16-6-10-20-38(32)50-41(35)40-33-17-7-11-21-39(33)51-42(34)40/h1-26,43H,(H,46,47,48). The van der Waals surface area contributed by atoms with Gasteiger partial charge in [0, 0.05) is 52.8 Å². The first-order valence-electron chi connectivity index (χ1n) is 17.1. The van der Waals surface area contributed by atoms with Crippen LogP contribution in [0.25, 0.3) is 75.0 Å². The highest BCUT2D eigenvalue weighted by Crippen LogP contribution is 2.46. The molecular formula is C45H28N4OS. The van der Waals surface area contributed by atoms with E-state index in [1.807, 2.05) is 23.5 Å². The third-order valence-corrected chi connectivity index (χ3v) is 11.3. The van der Waals surface area contributed by atoms with Gasteiger partial charge in [0.15, 0.2) is 0 Å². The van der Waals surface area contributed by atoms with E-state index < -0.39 is 0 Å². The third kappa shape index (κ3) is 4.33. The topological polar surface area (TPSA) is 54.8 Å². The lowest BCUT2D eigenvalue weighted by Gasteiger charge is -2.24. The van der Waals surface area contributed by atoms with Crippen molar-refractivity contribution < 1.29 is 4.42 Å². The molecule has 1 aliphatic rings. The van der Waals surface area contributed by atoms with Gasteiger partial charge in [0.1, 0.15) is 23.2 Å². The summed E-state index contributed by atoms with van der Waals surface area (Å²) in [5, 5.41) is 10.7. The third-order valence-electron chi connectivity index (χ3n) is 10.1. The number of furan rings is 1. The van der Waals surface area contributed by atoms with Crippen LogP contribution in [-0.4, -0.2) is 16.4 Å². The minimum atomic E-state index is -0.303. The molecule has 0 spiro atoms. The molecule has 11 rings (SSSR count). The highest BCUT2D eigenvalue weighted by molar-refractivity contribution is 7.26. The van der Waals surface area contributed by atoms with Crippen molar-refractivity contribution in [3.8, 4) is 11.1 Å². The quantitative estimate of drug-likeness (QED) is 0.203. The lowest BCUT2D eigenvalue weighted by molar-refractivity contribution is 0.668. The van der Waals surface area contributed by atoms with Gasteiger partial charge in [0.25, 0.3) is 0 Å². The van der Waals surface area contributed by atoms with Crippen molar-refractivity contribution in [2.75, 3.05) is 0 Å². The van der Waals surface area contributed by atoms with Crippen LogP contribution in [0.4, 0.5) is 0 Å². The first-order valence-corrected chi connectivity index (χ1v) is 17.9. The van der Waals surface area contributed by atoms with Gasteiger partial charge in [-0.15, -0.1) is 11.3 Å². The Balaban J connectivity index is 1.08. The van der Waals surface area contributed by atoms with Gasteiger partial charge in [-0.1, -0.05) is 127 Å². The highest BCUT2D eigenvalue weighted by atomic mass is 32.1. The Hall–Kier alpha value is -6.50. The second kappa shape index (κ2) is 11.0. The zero-order valence-corrected chi connectivity index (χ0v) is 28.1. The Bertz CT molecular complexity index is 3000. The van der Waals surface area contributed by atoms with Gasteiger partial charge < -0.3 is 9.73 Å². The number of hydrogen-bond acceptors (Lipinski definition) is 5. The average molecular weight is 673 g/mol. The summed E-state index contributed by atoms with van der Waals surface area (Å²) in [6, 6.07) is 55.4. The molecule has 240 valence electrons. The van der Waals surface area contributed by atoms with E-state index in [2.05, 4.69) is 155 Å². The second-order valence-electron chi connectivity index (χ2n) is 13.0. The molecule has 0 amide bonds. The van der Waals surface area contributed by atoms with Gasteiger partial charge in [-0.3, -0.25) is 4.57 Å². The van der Waals surface area contributed by atoms with E-state index >= 15 is 0 Å². The Labute approximate surface area is 296 Å². The van der Waals surface area contributed by atoms with E-state index in [0.717, 1.165) is 55.5 Å². The summed E-state index contributed by atoms with van der Waals surface area (Å²) in [5.41, 5.74) is 8.45. The highest BCUT2D eigenvalue weighted by Gasteiger charge is 2.24. The number of fused-ring (bicyclic) bond motifs is 10. The van der Waals surface area contributed by atoms with E-state index in [1.54, 1.807) is 0 Å². The van der Waals surface area contributed by atoms with Crippen molar-refractivity contribution >= 4 is 87.0 Å². The van der Waals surface area contributed by atoms with Crippen molar-refractivity contribution in [3.63, 3.8) is 0 Å². The number of amidine groups is 1. The van der Waals surface area contributed by atoms with Gasteiger partial charge in [-0.05, 0) is 41.5 Å². The fourth-order valence-corrected chi connectivity index (χ4v) is 8.95. The lowest BCUT2D eigenvalue weighted by Crippen LogP contribution is -2.35. The van der Waals surface area contributed by atoms with Crippen molar-refractivity contribution in [2.45, 2.75) is 6.17 Å². The van der Waals surface area contributed by atoms with E-state index in [9.17, 15) is 0 Å². The smallest absolute Gasteiger partial charge is 0.234 e. The summed E-state index contributed by atoms with van der Waals surface area (Å²) >= 11 is 1.82. The molecule has 0 bridgehead atoms. The number of rotatable bonds is 3. The number of nitrogens with zero attached hydrogens (tertiary/aromatic N) is 3. The van der Waals surface area contributed by atoms with Gasteiger partial charge in [-0.2, -0.15) is 4.99 Å². The number of aliphatic imine (C=N–C) groups is 2. The maximum Gasteiger partial charge on any atom is 0.234 e. The SMILES string of the molecule is c1ccc(C2N=C(n3c4ccccc4c4ccccc43)N=C(c3ccc(-c4cc5c6ccccc6oc5c5c4sc4ccccc45)cc3)N2)cc1. The van der Waals surface area contributed by atoms with E-state index in [1.165, 1.54) is 36.5 Å². The molecule has 4 heterocycles. The summed E-state index contributed by atoms with van der Waals surface area (Å²) in [4.78, 5) is 10.4. The predicted octanol–water partition coefficient (Wildman–Crippen LogP) is 11.7. The van der Waals surface area contributed by atoms with Crippen molar-refractivity contribution in [2.24, 2.45) is 9.98 Å². The number of nitrogens with one attached hydrogen (secondary N) is 1. The molecule has 3 aromatic heterocycles. The predicted molar refractivity (Wildman–Crippen MR) is 213 cm³/mol. The Morgan fingerprint density at radius 3 is 1.98 bits per heavy atom. The molecule has 10 aromatic rings. The molecule has 5 nitrogen and oxygen atoms in total. The molecule has 1 N–H and O–H groups in total. The summed E-state index contributed by atoms with van der Waals surface area (Å²) in [6.45, 7) is 0. The zero-order chi connectivity index (χ0) is 33.5. The Morgan fingerprint density at radius 1 is 0.588 bits per heavy atom. The molecule has 1 atom stereocenters. The fraction of sp³-hybridized carbons (Fsp3) is 0.0222. The minimum Gasteiger partial charge on any atom is -0.455 e. The molecule has 51 heavy (non-hydrogen) atoms. The summed E-state index contributed by atoms with van der Waals surface area (Å²) in [7, 11) is 0. The molecular weight excluding hydrogens is 645 g/mol. The molecule has 1 aliphatic heterocycles. The first-order chi connectivity index (χ1) is 25.3. The normalized spacial score (nSPS) is 14.9. The Morgan fingerprint density at radius 2 is 1.22 bits per heavy atom. The van der Waals surface area contributed by atoms with Gasteiger partial charge in [-0.25, -0.2) is 4.99 Å². The van der Waals surface area contributed by atoms with Crippen LogP contribution in [0, 0.1) is 0 Å². The van der Waals surface area contributed by atoms with Crippen molar-refractivity contribution in [1.29, 1.82) is 0 Å². The van der Waals surface area contributed by atoms with Crippen LogP contribution >= 0.6 is 11.3 Å². The molecule has 1 unspecified atom stereocenters. The second-order valence-corrected chi connectivity index (χ2v) is 14.0. The van der Waals surface area contributed by atoms with E-state index in [-0.39, 0.29) is 6.17 Å². The molecule has 0 saturated heterocycles. The van der Waals surface area contributed by atoms with E-state index in [0.29, 0.717) is 5.96 Å². The monoisotopic (exact) mass is 672 g/mol. The molecule has 0 aliphatic carbocycles. The van der Waals surface area contributed by atoms with Gasteiger partial charge in [0.05, 0.1) is 11.0 Å². The van der Waals surface area contributed by atoms with Crippen LogP contribution in [0.15, 0.2) is 172 Å². The van der Waals surface area contributed by atoms with Gasteiger partial charge in [0.2, 0.25) is 5.96 Å². The van der Waals surface area contributed by atoms with E-state index in [4.69, 9.17) is 14.4 Å². The summed E-state index contributed by atoms with van der Waals surface area (Å²) in [5.74, 6) is 1.44. The molecule has 6 heteroatoms. The van der Waals surface area contributed by atoms with Crippen LogP contribution in [-0.2, 0) is 0 Å². The van der Waals surface area contributed by atoms with Crippen LogP contribution in [0.1, 0.15) is 17.3 Å². The number of thiophene rings is 1. The summed E-state index contributed by atoms with van der Waals surface area (Å²) in [6.07, 6.45) is -0.303. The zero-order valence-electron chi connectivity index (χ0n) is 27.2.